The molecule has 0 fully saturated rings. The van der Waals surface area contributed by atoms with Crippen LogP contribution in [0.15, 0.2) is 39.9 Å². The summed E-state index contributed by atoms with van der Waals surface area (Å²) < 4.78 is 13.1. The average Bonchev–Trinajstić information content (AvgIpc) is 2.33. The Labute approximate surface area is 105 Å². The van der Waals surface area contributed by atoms with Crippen LogP contribution in [0.2, 0.25) is 0 Å². The number of rotatable bonds is 2. The molecule has 0 aliphatic carbocycles. The predicted molar refractivity (Wildman–Crippen MR) is 67.0 cm³/mol. The van der Waals surface area contributed by atoms with Crippen LogP contribution < -0.4 is 10.5 Å². The zero-order valence-corrected chi connectivity index (χ0v) is 10.5. The summed E-state index contributed by atoms with van der Waals surface area (Å²) in [5.41, 5.74) is 0.481. The van der Waals surface area contributed by atoms with Gasteiger partial charge in [-0.1, -0.05) is 0 Å². The molecule has 17 heavy (non-hydrogen) atoms. The number of aromatic nitrogens is 2. The molecule has 4 nitrogen and oxygen atoms in total. The van der Waals surface area contributed by atoms with Crippen molar-refractivity contribution in [2.45, 2.75) is 0 Å². The SMILES string of the molecule is CN(c1ccc(F)cc1)c1nc[nH]c(=O)c1Br. The van der Waals surface area contributed by atoms with Gasteiger partial charge in [0.25, 0.3) is 5.56 Å². The van der Waals surface area contributed by atoms with Gasteiger partial charge in [-0.3, -0.25) is 4.79 Å². The highest BCUT2D eigenvalue weighted by Crippen LogP contribution is 2.25. The summed E-state index contributed by atoms with van der Waals surface area (Å²) in [5.74, 6) is 0.167. The lowest BCUT2D eigenvalue weighted by Crippen LogP contribution is -2.17. The highest BCUT2D eigenvalue weighted by molar-refractivity contribution is 9.10. The number of nitrogens with one attached hydrogen (secondary N) is 1. The van der Waals surface area contributed by atoms with E-state index in [0.717, 1.165) is 5.69 Å². The van der Waals surface area contributed by atoms with Crippen molar-refractivity contribution in [2.75, 3.05) is 11.9 Å². The number of aromatic amines is 1. The van der Waals surface area contributed by atoms with Crippen LogP contribution in [0.25, 0.3) is 0 Å². The van der Waals surface area contributed by atoms with Gasteiger partial charge in [0, 0.05) is 12.7 Å². The maximum atomic E-state index is 12.8. The molecule has 0 saturated heterocycles. The topological polar surface area (TPSA) is 49.0 Å². The number of H-pyrrole nitrogens is 1. The van der Waals surface area contributed by atoms with Gasteiger partial charge < -0.3 is 9.88 Å². The largest absolute Gasteiger partial charge is 0.328 e. The first-order valence-electron chi connectivity index (χ1n) is 4.82. The van der Waals surface area contributed by atoms with Gasteiger partial charge in [0.1, 0.15) is 10.3 Å². The van der Waals surface area contributed by atoms with Crippen molar-refractivity contribution in [2.24, 2.45) is 0 Å². The van der Waals surface area contributed by atoms with E-state index in [-0.39, 0.29) is 11.4 Å². The Morgan fingerprint density at radius 3 is 2.65 bits per heavy atom. The standard InChI is InChI=1S/C11H9BrFN3O/c1-16(8-4-2-7(13)3-5-8)10-9(12)11(17)15-6-14-10/h2-6H,1H3,(H,14,15,17). The first kappa shape index (κ1) is 11.8. The Kier molecular flexibility index (Phi) is 3.23. The Morgan fingerprint density at radius 1 is 1.35 bits per heavy atom. The molecule has 0 saturated carbocycles. The van der Waals surface area contributed by atoms with Gasteiger partial charge in [-0.05, 0) is 40.2 Å². The van der Waals surface area contributed by atoms with E-state index >= 15 is 0 Å². The van der Waals surface area contributed by atoms with E-state index in [4.69, 9.17) is 0 Å². The number of hydrogen-bond acceptors (Lipinski definition) is 3. The zero-order valence-electron chi connectivity index (χ0n) is 8.95. The lowest BCUT2D eigenvalue weighted by molar-refractivity contribution is 0.628. The van der Waals surface area contributed by atoms with Crippen molar-refractivity contribution >= 4 is 27.4 Å². The highest BCUT2D eigenvalue weighted by atomic mass is 79.9. The van der Waals surface area contributed by atoms with Gasteiger partial charge >= 0.3 is 0 Å². The molecule has 6 heteroatoms. The fourth-order valence-corrected chi connectivity index (χ4v) is 1.88. The van der Waals surface area contributed by atoms with Crippen LogP contribution in [0.1, 0.15) is 0 Å². The van der Waals surface area contributed by atoms with Gasteiger partial charge in [0.2, 0.25) is 0 Å². The molecule has 88 valence electrons. The maximum Gasteiger partial charge on any atom is 0.267 e. The minimum atomic E-state index is -0.305. The third-order valence-corrected chi connectivity index (χ3v) is 3.02. The second-order valence-electron chi connectivity index (χ2n) is 3.40. The Balaban J connectivity index is 2.43. The van der Waals surface area contributed by atoms with Gasteiger partial charge in [0.15, 0.2) is 5.82 Å². The van der Waals surface area contributed by atoms with Crippen LogP contribution in [0.5, 0.6) is 0 Å². The Bertz CT molecular complexity index is 582. The third-order valence-electron chi connectivity index (χ3n) is 2.31. The first-order valence-corrected chi connectivity index (χ1v) is 5.61. The molecule has 0 atom stereocenters. The van der Waals surface area contributed by atoms with Crippen molar-refractivity contribution in [3.05, 3.63) is 51.2 Å². The van der Waals surface area contributed by atoms with Crippen LogP contribution in [0, 0.1) is 5.82 Å². The van der Waals surface area contributed by atoms with Gasteiger partial charge in [-0.2, -0.15) is 0 Å². The van der Waals surface area contributed by atoms with E-state index in [0.29, 0.717) is 10.3 Å². The number of nitrogens with zero attached hydrogens (tertiary/aromatic N) is 2. The molecule has 0 aliphatic heterocycles. The van der Waals surface area contributed by atoms with Crippen molar-refractivity contribution < 1.29 is 4.39 Å². The lowest BCUT2D eigenvalue weighted by atomic mass is 10.3. The smallest absolute Gasteiger partial charge is 0.267 e. The monoisotopic (exact) mass is 297 g/mol. The summed E-state index contributed by atoms with van der Waals surface area (Å²) in [6.45, 7) is 0. The number of anilines is 2. The maximum absolute atomic E-state index is 12.8. The molecule has 0 spiro atoms. The summed E-state index contributed by atoms with van der Waals surface area (Å²) in [4.78, 5) is 19.6. The fourth-order valence-electron chi connectivity index (χ4n) is 1.39. The predicted octanol–water partition coefficient (Wildman–Crippen LogP) is 2.44. The average molecular weight is 298 g/mol. The van der Waals surface area contributed by atoms with E-state index in [9.17, 15) is 9.18 Å². The molecular formula is C11H9BrFN3O. The number of hydrogen-bond donors (Lipinski definition) is 1. The lowest BCUT2D eigenvalue weighted by Gasteiger charge is -2.18. The molecule has 2 aromatic rings. The molecule has 0 aliphatic rings. The number of halogens is 2. The van der Waals surface area contributed by atoms with E-state index in [1.54, 1.807) is 24.1 Å². The summed E-state index contributed by atoms with van der Waals surface area (Å²) in [6, 6.07) is 5.94. The quantitative estimate of drug-likeness (QED) is 0.926. The second-order valence-corrected chi connectivity index (χ2v) is 4.20. The summed E-state index contributed by atoms with van der Waals surface area (Å²) in [5, 5.41) is 0. The molecule has 0 radical (unpaired) electrons. The highest BCUT2D eigenvalue weighted by Gasteiger charge is 2.11. The third kappa shape index (κ3) is 2.36. The van der Waals surface area contributed by atoms with E-state index in [2.05, 4.69) is 25.9 Å². The summed E-state index contributed by atoms with van der Waals surface area (Å²) >= 11 is 3.17. The number of benzene rings is 1. The molecule has 1 aromatic carbocycles. The normalized spacial score (nSPS) is 10.3. The van der Waals surface area contributed by atoms with Crippen LogP contribution >= 0.6 is 15.9 Å². The van der Waals surface area contributed by atoms with E-state index < -0.39 is 0 Å². The van der Waals surface area contributed by atoms with Crippen molar-refractivity contribution in [3.63, 3.8) is 0 Å². The fraction of sp³-hybridized carbons (Fsp3) is 0.0909. The second kappa shape index (κ2) is 4.67. The molecule has 0 bridgehead atoms. The summed E-state index contributed by atoms with van der Waals surface area (Å²) in [6.07, 6.45) is 1.32. The van der Waals surface area contributed by atoms with Crippen molar-refractivity contribution in [3.8, 4) is 0 Å². The van der Waals surface area contributed by atoms with Crippen molar-refractivity contribution in [1.82, 2.24) is 9.97 Å². The molecule has 1 aromatic heterocycles. The Morgan fingerprint density at radius 2 is 2.00 bits per heavy atom. The van der Waals surface area contributed by atoms with Crippen LogP contribution in [-0.4, -0.2) is 17.0 Å². The molecular weight excluding hydrogens is 289 g/mol. The van der Waals surface area contributed by atoms with Crippen LogP contribution in [-0.2, 0) is 0 Å². The minimum Gasteiger partial charge on any atom is -0.328 e. The summed E-state index contributed by atoms with van der Waals surface area (Å²) in [7, 11) is 1.75. The van der Waals surface area contributed by atoms with Gasteiger partial charge in [-0.15, -0.1) is 0 Å². The minimum absolute atomic E-state index is 0.260. The molecule has 1 N–H and O–H groups in total. The first-order chi connectivity index (χ1) is 8.09. The molecule has 0 amide bonds. The van der Waals surface area contributed by atoms with Crippen LogP contribution in [0.4, 0.5) is 15.9 Å². The zero-order chi connectivity index (χ0) is 12.4. The van der Waals surface area contributed by atoms with Crippen LogP contribution in [0.3, 0.4) is 0 Å². The van der Waals surface area contributed by atoms with E-state index in [1.807, 2.05) is 0 Å². The van der Waals surface area contributed by atoms with E-state index in [1.165, 1.54) is 18.5 Å². The molecule has 1 heterocycles. The van der Waals surface area contributed by atoms with Gasteiger partial charge in [-0.25, -0.2) is 9.37 Å². The van der Waals surface area contributed by atoms with Crippen molar-refractivity contribution in [1.29, 1.82) is 0 Å². The molecule has 0 unspecified atom stereocenters. The molecule has 2 rings (SSSR count). The van der Waals surface area contributed by atoms with Gasteiger partial charge in [0.05, 0.1) is 6.33 Å². The Hall–Kier alpha value is -1.69.